The zero-order chi connectivity index (χ0) is 20.9. The molecule has 6 heteroatoms. The van der Waals surface area contributed by atoms with Crippen molar-refractivity contribution in [2.45, 2.75) is 52.5 Å². The first-order valence-electron chi connectivity index (χ1n) is 10.2. The van der Waals surface area contributed by atoms with Gasteiger partial charge < -0.3 is 19.9 Å². The highest BCUT2D eigenvalue weighted by molar-refractivity contribution is 5.66. The van der Waals surface area contributed by atoms with Crippen LogP contribution in [0.4, 0.5) is 0 Å². The van der Waals surface area contributed by atoms with Crippen LogP contribution in [0.3, 0.4) is 0 Å². The Morgan fingerprint density at radius 2 is 2.11 bits per heavy atom. The molecular weight excluding hydrogens is 352 g/mol. The molecule has 1 fully saturated rings. The number of imidazole rings is 1. The van der Waals surface area contributed by atoms with E-state index in [1.54, 1.807) is 0 Å². The van der Waals surface area contributed by atoms with Crippen molar-refractivity contribution < 1.29 is 9.90 Å². The van der Waals surface area contributed by atoms with Crippen molar-refractivity contribution in [2.75, 3.05) is 26.7 Å². The Labute approximate surface area is 169 Å². The molecule has 1 saturated heterocycles. The molecule has 0 saturated carbocycles. The molecular formula is C22H36N4O2. The largest absolute Gasteiger partial charge is 0.483 e. The lowest BCUT2D eigenvalue weighted by Gasteiger charge is -2.21. The molecule has 0 aromatic carbocycles. The normalized spacial score (nSPS) is 18.8. The van der Waals surface area contributed by atoms with Gasteiger partial charge in [0, 0.05) is 36.9 Å². The van der Waals surface area contributed by atoms with Crippen LogP contribution in [-0.4, -0.2) is 58.8 Å². The third kappa shape index (κ3) is 6.17. The zero-order valence-corrected chi connectivity index (χ0v) is 17.8. The lowest BCUT2D eigenvalue weighted by Crippen LogP contribution is -2.30. The van der Waals surface area contributed by atoms with Crippen molar-refractivity contribution in [2.24, 2.45) is 0 Å². The Bertz CT molecular complexity index is 676. The topological polar surface area (TPSA) is 70.4 Å². The number of aromatic nitrogens is 2. The highest BCUT2D eigenvalue weighted by Crippen LogP contribution is 2.28. The number of rotatable bonds is 6. The van der Waals surface area contributed by atoms with E-state index in [2.05, 4.69) is 47.5 Å². The number of likely N-dealkylation sites (N-methyl/N-ethyl adjacent to an activating group) is 1. The molecule has 3 rings (SSSR count). The summed E-state index contributed by atoms with van der Waals surface area (Å²) >= 11 is 0. The molecule has 1 aromatic rings. The minimum atomic E-state index is -0.250. The predicted octanol–water partition coefficient (Wildman–Crippen LogP) is 3.37. The van der Waals surface area contributed by atoms with Crippen LogP contribution in [0, 0.1) is 0 Å². The molecule has 1 aromatic heterocycles. The van der Waals surface area contributed by atoms with Crippen LogP contribution in [0.1, 0.15) is 45.0 Å². The first-order valence-corrected chi connectivity index (χ1v) is 10.2. The van der Waals surface area contributed by atoms with E-state index in [1.807, 2.05) is 26.3 Å². The van der Waals surface area contributed by atoms with E-state index < -0.39 is 0 Å². The maximum absolute atomic E-state index is 8.36. The van der Waals surface area contributed by atoms with E-state index in [0.29, 0.717) is 6.04 Å². The minimum absolute atomic E-state index is 0.250. The summed E-state index contributed by atoms with van der Waals surface area (Å²) in [5.41, 5.74) is 5.20. The predicted molar refractivity (Wildman–Crippen MR) is 116 cm³/mol. The number of fused-ring (bicyclic) bond motifs is 1. The van der Waals surface area contributed by atoms with Gasteiger partial charge in [-0.1, -0.05) is 32.6 Å². The van der Waals surface area contributed by atoms with Crippen LogP contribution >= 0.6 is 0 Å². The van der Waals surface area contributed by atoms with Crippen molar-refractivity contribution >= 4 is 12.2 Å². The fourth-order valence-corrected chi connectivity index (χ4v) is 3.71. The number of hydrogen-bond acceptors (Lipinski definition) is 4. The Balaban J connectivity index is 0.000000717. The van der Waals surface area contributed by atoms with Crippen molar-refractivity contribution in [1.29, 1.82) is 0 Å². The molecule has 0 spiro atoms. The van der Waals surface area contributed by atoms with Crippen molar-refractivity contribution in [1.82, 2.24) is 19.8 Å². The highest BCUT2D eigenvalue weighted by atomic mass is 16.3. The second-order valence-electron chi connectivity index (χ2n) is 6.55. The van der Waals surface area contributed by atoms with Gasteiger partial charge in [0.25, 0.3) is 6.47 Å². The molecule has 28 heavy (non-hydrogen) atoms. The van der Waals surface area contributed by atoms with Gasteiger partial charge in [-0.15, -0.1) is 0 Å². The summed E-state index contributed by atoms with van der Waals surface area (Å²) in [6.07, 6.45) is 12.7. The first-order chi connectivity index (χ1) is 13.7. The molecule has 2 aliphatic heterocycles. The van der Waals surface area contributed by atoms with Gasteiger partial charge >= 0.3 is 0 Å². The lowest BCUT2D eigenvalue weighted by molar-refractivity contribution is -0.122. The maximum Gasteiger partial charge on any atom is 0.290 e. The maximum atomic E-state index is 8.36. The van der Waals surface area contributed by atoms with Crippen LogP contribution in [0.25, 0.3) is 5.70 Å². The summed E-state index contributed by atoms with van der Waals surface area (Å²) in [7, 11) is 2.06. The molecule has 0 aliphatic carbocycles. The molecule has 6 nitrogen and oxygen atoms in total. The molecule has 1 atom stereocenters. The fourth-order valence-electron chi connectivity index (χ4n) is 3.71. The van der Waals surface area contributed by atoms with Crippen LogP contribution in [0.5, 0.6) is 0 Å². The quantitative estimate of drug-likeness (QED) is 0.731. The van der Waals surface area contributed by atoms with E-state index in [0.717, 1.165) is 32.4 Å². The van der Waals surface area contributed by atoms with Crippen LogP contribution < -0.4 is 5.32 Å². The molecule has 2 aliphatic rings. The molecule has 156 valence electrons. The third-order valence-corrected chi connectivity index (χ3v) is 5.09. The highest BCUT2D eigenvalue weighted by Gasteiger charge is 2.23. The van der Waals surface area contributed by atoms with Crippen molar-refractivity contribution in [3.05, 3.63) is 48.1 Å². The summed E-state index contributed by atoms with van der Waals surface area (Å²) < 4.78 is 2.26. The number of carbonyl (C=O) groups is 1. The molecule has 0 unspecified atom stereocenters. The van der Waals surface area contributed by atoms with Crippen molar-refractivity contribution in [3.63, 3.8) is 0 Å². The number of nitrogens with one attached hydrogen (secondary N) is 1. The average molecular weight is 389 g/mol. The van der Waals surface area contributed by atoms with Crippen molar-refractivity contribution in [3.8, 4) is 0 Å². The van der Waals surface area contributed by atoms with E-state index in [-0.39, 0.29) is 6.47 Å². The van der Waals surface area contributed by atoms with Gasteiger partial charge in [0.05, 0.1) is 12.0 Å². The van der Waals surface area contributed by atoms with Gasteiger partial charge in [0.2, 0.25) is 0 Å². The third-order valence-electron chi connectivity index (χ3n) is 5.09. The fraction of sp³-hybridized carbons (Fsp3) is 0.545. The second kappa shape index (κ2) is 13.1. The molecule has 2 N–H and O–H groups in total. The van der Waals surface area contributed by atoms with Gasteiger partial charge in [0.1, 0.15) is 0 Å². The van der Waals surface area contributed by atoms with E-state index >= 15 is 0 Å². The van der Waals surface area contributed by atoms with Gasteiger partial charge in [-0.25, -0.2) is 4.98 Å². The minimum Gasteiger partial charge on any atom is -0.483 e. The van der Waals surface area contributed by atoms with Crippen LogP contribution in [0.15, 0.2) is 36.7 Å². The Morgan fingerprint density at radius 3 is 2.68 bits per heavy atom. The number of hydrogen-bond donors (Lipinski definition) is 2. The van der Waals surface area contributed by atoms with E-state index in [1.165, 1.54) is 35.6 Å². The van der Waals surface area contributed by atoms with E-state index in [9.17, 15) is 0 Å². The Hall–Kier alpha value is -2.18. The summed E-state index contributed by atoms with van der Waals surface area (Å²) in [5.74, 6) is 0. The van der Waals surface area contributed by atoms with Gasteiger partial charge in [-0.2, -0.15) is 0 Å². The molecule has 3 heterocycles. The lowest BCUT2D eigenvalue weighted by atomic mass is 9.99. The average Bonchev–Trinajstić information content (AvgIpc) is 3.36. The monoisotopic (exact) mass is 388 g/mol. The number of allylic oxidation sites excluding steroid dienone is 5. The first kappa shape index (κ1) is 23.9. The number of carboxylic acid groups (broad SMARTS) is 1. The Morgan fingerprint density at radius 1 is 1.39 bits per heavy atom. The summed E-state index contributed by atoms with van der Waals surface area (Å²) in [6.45, 7) is 13.2. The summed E-state index contributed by atoms with van der Waals surface area (Å²) in [4.78, 5) is 15.6. The zero-order valence-electron chi connectivity index (χ0n) is 17.8. The van der Waals surface area contributed by atoms with Gasteiger partial charge in [-0.3, -0.25) is 4.79 Å². The smallest absolute Gasteiger partial charge is 0.290 e. The summed E-state index contributed by atoms with van der Waals surface area (Å²) in [6, 6.07) is 0.658. The molecule has 0 amide bonds. The summed E-state index contributed by atoms with van der Waals surface area (Å²) in [5, 5.41) is 10.3. The van der Waals surface area contributed by atoms with E-state index in [4.69, 9.17) is 14.9 Å². The molecule has 0 radical (unpaired) electrons. The van der Waals surface area contributed by atoms with Gasteiger partial charge in [0.15, 0.2) is 0 Å². The number of nitrogens with zero attached hydrogens (tertiary/aromatic N) is 3. The van der Waals surface area contributed by atoms with Gasteiger partial charge in [-0.05, 0) is 51.4 Å². The molecule has 0 bridgehead atoms. The SMILES string of the molecule is C=CC1=C(/C=C\C)n2cnc(CCN3CC[C@H](NC)C3)c2CC1.CC.O=CO. The Kier molecular flexibility index (Phi) is 11.1. The number of likely N-dealkylation sites (tertiary alicyclic amines) is 1. The standard InChI is InChI=1S/C19H28N4.C2H6.CH2O2/c1-4-6-18-15(5-2)7-8-19-17(21-14-23(18)19)10-12-22-11-9-16(13-22)20-3;1-2;2-1-3/h4-6,14,16,20H,2,7-13H2,1,3H3;1-2H3;1H,(H,2,3)/b6-4-;;/t16-;;/m0../s1. The second-order valence-corrected chi connectivity index (χ2v) is 6.55. The van der Waals surface area contributed by atoms with Crippen LogP contribution in [0.2, 0.25) is 0 Å². The van der Waals surface area contributed by atoms with Crippen LogP contribution in [-0.2, 0) is 17.6 Å².